The lowest BCUT2D eigenvalue weighted by Crippen LogP contribution is -2.35. The Morgan fingerprint density at radius 1 is 1.05 bits per heavy atom. The number of hydrogen-bond acceptors (Lipinski definition) is 2. The summed E-state index contributed by atoms with van der Waals surface area (Å²) in [4.78, 5) is 24.3. The van der Waals surface area contributed by atoms with Gasteiger partial charge in [0.2, 0.25) is 11.8 Å². The standard InChI is InChI=1S/C17H11F2NO2/c1-8-4-10(19)6-13-15(8)11-3-2-9(18)5-12(11)17(13)7-14(21)20-16(17)22/h2-6H,7H2,1H3,(H,20,21,22). The van der Waals surface area contributed by atoms with Gasteiger partial charge < -0.3 is 0 Å². The molecule has 0 aromatic heterocycles. The van der Waals surface area contributed by atoms with Crippen LogP contribution in [-0.4, -0.2) is 11.8 Å². The predicted molar refractivity (Wildman–Crippen MR) is 75.1 cm³/mol. The minimum absolute atomic E-state index is 0.127. The maximum absolute atomic E-state index is 13.9. The van der Waals surface area contributed by atoms with Gasteiger partial charge in [0.05, 0.1) is 0 Å². The molecule has 0 radical (unpaired) electrons. The quantitative estimate of drug-likeness (QED) is 0.760. The molecule has 1 N–H and O–H groups in total. The number of carbonyl (C=O) groups excluding carboxylic acids is 2. The second-order valence-electron chi connectivity index (χ2n) is 5.79. The van der Waals surface area contributed by atoms with E-state index in [0.717, 1.165) is 0 Å². The van der Waals surface area contributed by atoms with Crippen molar-refractivity contribution in [1.29, 1.82) is 0 Å². The van der Waals surface area contributed by atoms with Gasteiger partial charge in [0.25, 0.3) is 0 Å². The summed E-state index contributed by atoms with van der Waals surface area (Å²) in [5.41, 5.74) is 1.59. The number of nitrogens with one attached hydrogen (secondary N) is 1. The van der Waals surface area contributed by atoms with Gasteiger partial charge in [-0.05, 0) is 59.0 Å². The zero-order valence-corrected chi connectivity index (χ0v) is 11.7. The molecule has 2 aromatic rings. The Labute approximate surface area is 125 Å². The SMILES string of the molecule is Cc1cc(F)cc2c1-c1ccc(F)cc1C21CC(=O)NC1=O. The van der Waals surface area contributed by atoms with Crippen LogP contribution in [-0.2, 0) is 15.0 Å². The lowest BCUT2D eigenvalue weighted by atomic mass is 9.76. The summed E-state index contributed by atoms with van der Waals surface area (Å²) in [6.45, 7) is 1.74. The molecule has 1 aliphatic carbocycles. The number of halogens is 2. The number of fused-ring (bicyclic) bond motifs is 5. The van der Waals surface area contributed by atoms with Crippen molar-refractivity contribution in [2.45, 2.75) is 18.8 Å². The normalized spacial score (nSPS) is 22.0. The number of carbonyl (C=O) groups is 2. The zero-order valence-electron chi connectivity index (χ0n) is 11.7. The number of aryl methyl sites for hydroxylation is 1. The second-order valence-corrected chi connectivity index (χ2v) is 5.79. The van der Waals surface area contributed by atoms with Gasteiger partial charge in [-0.15, -0.1) is 0 Å². The topological polar surface area (TPSA) is 46.2 Å². The van der Waals surface area contributed by atoms with Crippen molar-refractivity contribution in [2.24, 2.45) is 0 Å². The molecule has 3 nitrogen and oxygen atoms in total. The summed E-state index contributed by atoms with van der Waals surface area (Å²) in [6, 6.07) is 6.81. The maximum atomic E-state index is 13.9. The van der Waals surface area contributed by atoms with Gasteiger partial charge in [-0.3, -0.25) is 14.9 Å². The third kappa shape index (κ3) is 1.43. The lowest BCUT2D eigenvalue weighted by Gasteiger charge is -2.22. The van der Waals surface area contributed by atoms with E-state index in [0.29, 0.717) is 27.8 Å². The van der Waals surface area contributed by atoms with Crippen molar-refractivity contribution in [3.05, 3.63) is 58.7 Å². The fourth-order valence-corrected chi connectivity index (χ4v) is 3.70. The molecule has 1 spiro atoms. The third-order valence-electron chi connectivity index (χ3n) is 4.54. The van der Waals surface area contributed by atoms with Crippen molar-refractivity contribution in [3.8, 4) is 11.1 Å². The molecule has 2 amide bonds. The van der Waals surface area contributed by atoms with E-state index in [4.69, 9.17) is 0 Å². The highest BCUT2D eigenvalue weighted by Gasteiger charge is 2.55. The van der Waals surface area contributed by atoms with Gasteiger partial charge in [0, 0.05) is 6.42 Å². The first-order chi connectivity index (χ1) is 10.4. The van der Waals surface area contributed by atoms with Gasteiger partial charge in [-0.2, -0.15) is 0 Å². The van der Waals surface area contributed by atoms with Crippen LogP contribution in [0.3, 0.4) is 0 Å². The van der Waals surface area contributed by atoms with Gasteiger partial charge in [0.15, 0.2) is 0 Å². The molecule has 1 saturated heterocycles. The van der Waals surface area contributed by atoms with Crippen molar-refractivity contribution in [2.75, 3.05) is 0 Å². The van der Waals surface area contributed by atoms with Crippen LogP contribution < -0.4 is 5.32 Å². The first kappa shape index (κ1) is 13.1. The minimum atomic E-state index is -1.32. The van der Waals surface area contributed by atoms with Crippen LogP contribution >= 0.6 is 0 Å². The van der Waals surface area contributed by atoms with Gasteiger partial charge in [-0.1, -0.05) is 6.07 Å². The highest BCUT2D eigenvalue weighted by molar-refractivity contribution is 6.14. The molecule has 1 unspecified atom stereocenters. The molecule has 0 bridgehead atoms. The maximum Gasteiger partial charge on any atom is 0.242 e. The van der Waals surface area contributed by atoms with E-state index >= 15 is 0 Å². The highest BCUT2D eigenvalue weighted by Crippen LogP contribution is 2.53. The Balaban J connectivity index is 2.16. The average Bonchev–Trinajstić information content (AvgIpc) is 2.87. The summed E-state index contributed by atoms with van der Waals surface area (Å²) < 4.78 is 27.6. The molecule has 1 aliphatic heterocycles. The molecule has 0 saturated carbocycles. The molecule has 1 atom stereocenters. The van der Waals surface area contributed by atoms with E-state index in [9.17, 15) is 18.4 Å². The number of amides is 2. The number of imide groups is 1. The van der Waals surface area contributed by atoms with Crippen LogP contribution in [0.25, 0.3) is 11.1 Å². The third-order valence-corrected chi connectivity index (χ3v) is 4.54. The van der Waals surface area contributed by atoms with E-state index in [-0.39, 0.29) is 6.42 Å². The Hall–Kier alpha value is -2.56. The van der Waals surface area contributed by atoms with Gasteiger partial charge in [0.1, 0.15) is 17.0 Å². The fraction of sp³-hybridized carbons (Fsp3) is 0.176. The Kier molecular flexibility index (Phi) is 2.39. The van der Waals surface area contributed by atoms with Crippen LogP contribution in [0.15, 0.2) is 30.3 Å². The van der Waals surface area contributed by atoms with Crippen LogP contribution in [0.1, 0.15) is 23.1 Å². The molecular formula is C17H11F2NO2. The van der Waals surface area contributed by atoms with E-state index in [1.54, 1.807) is 13.0 Å². The fourth-order valence-electron chi connectivity index (χ4n) is 3.70. The Morgan fingerprint density at radius 3 is 2.45 bits per heavy atom. The summed E-state index contributed by atoms with van der Waals surface area (Å²) >= 11 is 0. The largest absolute Gasteiger partial charge is 0.295 e. The number of hydrogen-bond donors (Lipinski definition) is 1. The van der Waals surface area contributed by atoms with Gasteiger partial charge >= 0.3 is 0 Å². The second kappa shape index (κ2) is 4.00. The minimum Gasteiger partial charge on any atom is -0.295 e. The van der Waals surface area contributed by atoms with Crippen molar-refractivity contribution in [3.63, 3.8) is 0 Å². The Morgan fingerprint density at radius 2 is 1.77 bits per heavy atom. The number of benzene rings is 2. The first-order valence-corrected chi connectivity index (χ1v) is 6.89. The van der Waals surface area contributed by atoms with E-state index in [1.807, 2.05) is 0 Å². The van der Waals surface area contributed by atoms with Crippen LogP contribution in [0, 0.1) is 18.6 Å². The highest BCUT2D eigenvalue weighted by atomic mass is 19.1. The van der Waals surface area contributed by atoms with Gasteiger partial charge in [-0.25, -0.2) is 8.78 Å². The number of rotatable bonds is 0. The van der Waals surface area contributed by atoms with Crippen LogP contribution in [0.4, 0.5) is 8.78 Å². The summed E-state index contributed by atoms with van der Waals surface area (Å²) in [7, 11) is 0. The summed E-state index contributed by atoms with van der Waals surface area (Å²) in [6.07, 6.45) is -0.127. The first-order valence-electron chi connectivity index (χ1n) is 6.89. The molecule has 1 heterocycles. The van der Waals surface area contributed by atoms with E-state index in [2.05, 4.69) is 5.32 Å². The van der Waals surface area contributed by atoms with Crippen molar-refractivity contribution in [1.82, 2.24) is 5.32 Å². The molecular weight excluding hydrogens is 288 g/mol. The molecule has 2 aliphatic rings. The monoisotopic (exact) mass is 299 g/mol. The predicted octanol–water partition coefficient (Wildman–Crippen LogP) is 2.59. The molecule has 110 valence electrons. The zero-order chi connectivity index (χ0) is 15.6. The molecule has 4 rings (SSSR count). The van der Waals surface area contributed by atoms with Crippen LogP contribution in [0.5, 0.6) is 0 Å². The molecule has 1 fully saturated rings. The lowest BCUT2D eigenvalue weighted by molar-refractivity contribution is -0.125. The average molecular weight is 299 g/mol. The summed E-state index contributed by atoms with van der Waals surface area (Å²) in [5, 5.41) is 2.27. The smallest absolute Gasteiger partial charge is 0.242 e. The van der Waals surface area contributed by atoms with E-state index < -0.39 is 28.9 Å². The Bertz CT molecular complexity index is 875. The molecule has 2 aromatic carbocycles. The van der Waals surface area contributed by atoms with Crippen molar-refractivity contribution < 1.29 is 18.4 Å². The van der Waals surface area contributed by atoms with Crippen molar-refractivity contribution >= 4 is 11.8 Å². The van der Waals surface area contributed by atoms with E-state index in [1.165, 1.54) is 24.3 Å². The summed E-state index contributed by atoms with van der Waals surface area (Å²) in [5.74, 6) is -1.92. The molecule has 5 heteroatoms. The van der Waals surface area contributed by atoms with Crippen LogP contribution in [0.2, 0.25) is 0 Å². The molecule has 22 heavy (non-hydrogen) atoms.